The molecule has 2 aliphatic heterocycles. The molecule has 1 saturated heterocycles. The number of ether oxygens (including phenoxy) is 3. The van der Waals surface area contributed by atoms with E-state index in [-0.39, 0.29) is 48.3 Å². The van der Waals surface area contributed by atoms with Crippen molar-refractivity contribution < 1.29 is 33.7 Å². The van der Waals surface area contributed by atoms with Crippen molar-refractivity contribution in [3.05, 3.63) is 33.9 Å². The number of phenolic OH excluding ortho intramolecular Hbond substituents is 1. The molecular weight excluding hydrogens is 426 g/mol. The first-order chi connectivity index (χ1) is 15.5. The molecule has 3 rings (SSSR count). The van der Waals surface area contributed by atoms with Gasteiger partial charge in [0.25, 0.3) is 0 Å². The summed E-state index contributed by atoms with van der Waals surface area (Å²) >= 11 is 0. The van der Waals surface area contributed by atoms with Crippen molar-refractivity contribution in [2.75, 3.05) is 13.7 Å². The van der Waals surface area contributed by atoms with Gasteiger partial charge < -0.3 is 19.3 Å². The minimum atomic E-state index is -0.588. The molecular formula is C25H33NO7. The summed E-state index contributed by atoms with van der Waals surface area (Å²) in [6.07, 6.45) is 1.64. The number of methoxy groups -OCH3 is 1. The summed E-state index contributed by atoms with van der Waals surface area (Å²) in [5, 5.41) is 10.8. The maximum Gasteiger partial charge on any atom is 0.416 e. The maximum atomic E-state index is 13.1. The van der Waals surface area contributed by atoms with Crippen molar-refractivity contribution >= 4 is 18.0 Å². The van der Waals surface area contributed by atoms with Gasteiger partial charge in [-0.3, -0.25) is 4.79 Å². The average Bonchev–Trinajstić information content (AvgIpc) is 3.36. The summed E-state index contributed by atoms with van der Waals surface area (Å²) in [6, 6.07) is -0.265. The molecule has 0 spiro atoms. The number of benzene rings is 1. The number of rotatable bonds is 7. The van der Waals surface area contributed by atoms with Crippen molar-refractivity contribution in [1.82, 2.24) is 4.90 Å². The van der Waals surface area contributed by atoms with Crippen LogP contribution in [0.2, 0.25) is 0 Å². The molecule has 33 heavy (non-hydrogen) atoms. The van der Waals surface area contributed by atoms with Gasteiger partial charge in [-0.1, -0.05) is 39.3 Å². The maximum absolute atomic E-state index is 13.1. The largest absolute Gasteiger partial charge is 0.507 e. The van der Waals surface area contributed by atoms with Crippen molar-refractivity contribution in [3.8, 4) is 11.5 Å². The number of hydrogen-bond acceptors (Lipinski definition) is 7. The molecule has 0 unspecified atom stereocenters. The van der Waals surface area contributed by atoms with E-state index in [0.29, 0.717) is 23.3 Å². The summed E-state index contributed by atoms with van der Waals surface area (Å²) in [5.41, 5.74) is 3.02. The highest BCUT2D eigenvalue weighted by Crippen LogP contribution is 2.42. The first-order valence-corrected chi connectivity index (χ1v) is 11.3. The Balaban J connectivity index is 1.83. The Morgan fingerprint density at radius 3 is 2.48 bits per heavy atom. The Labute approximate surface area is 194 Å². The molecule has 1 aromatic rings. The quantitative estimate of drug-likeness (QED) is 0.483. The van der Waals surface area contributed by atoms with Gasteiger partial charge >= 0.3 is 12.1 Å². The number of fused-ring (bicyclic) bond motifs is 1. The number of phenols is 1. The van der Waals surface area contributed by atoms with E-state index in [1.54, 1.807) is 6.92 Å². The number of esters is 1. The van der Waals surface area contributed by atoms with Gasteiger partial charge in [0.05, 0.1) is 13.2 Å². The van der Waals surface area contributed by atoms with Crippen LogP contribution in [0.25, 0.3) is 0 Å². The Kier molecular flexibility index (Phi) is 7.05. The second-order valence-corrected chi connectivity index (χ2v) is 9.24. The van der Waals surface area contributed by atoms with Crippen LogP contribution in [0.1, 0.15) is 61.7 Å². The molecule has 2 amide bonds. The summed E-state index contributed by atoms with van der Waals surface area (Å²) in [5.74, 6) is -0.911. The highest BCUT2D eigenvalue weighted by molar-refractivity contribution is 5.98. The number of amides is 2. The van der Waals surface area contributed by atoms with E-state index in [4.69, 9.17) is 14.2 Å². The van der Waals surface area contributed by atoms with E-state index in [0.717, 1.165) is 11.1 Å². The van der Waals surface area contributed by atoms with Crippen LogP contribution in [0.4, 0.5) is 4.79 Å². The van der Waals surface area contributed by atoms with E-state index >= 15 is 0 Å². The second-order valence-electron chi connectivity index (χ2n) is 9.24. The standard InChI is InChI=1S/C25H33NO7/c1-12(2)19-11-33-25(30)26(19)23(28)15(5)14(4)13(3)8-9-17-21(27)20-18(10-32-24(20)29)16(6)22(17)31-7/h8,12,14-15,19,27H,9-11H2,1-7H3/b13-8+/t14-,15+,19-/m0/s1. The zero-order valence-electron chi connectivity index (χ0n) is 20.4. The fourth-order valence-electron chi connectivity index (χ4n) is 4.48. The fourth-order valence-corrected chi connectivity index (χ4v) is 4.48. The molecule has 180 valence electrons. The van der Waals surface area contributed by atoms with Crippen LogP contribution >= 0.6 is 0 Å². The topological polar surface area (TPSA) is 102 Å². The molecule has 0 saturated carbocycles. The van der Waals surface area contributed by atoms with Crippen molar-refractivity contribution in [2.24, 2.45) is 17.8 Å². The molecule has 1 fully saturated rings. The zero-order chi connectivity index (χ0) is 24.6. The van der Waals surface area contributed by atoms with Gasteiger partial charge in [0.2, 0.25) is 5.91 Å². The SMILES string of the molecule is COc1c(C)c2c(c(O)c1C/C=C(\C)[C@H](C)[C@@H](C)C(=O)N1C(=O)OC[C@H]1C(C)C)C(=O)OC2. The van der Waals surface area contributed by atoms with Gasteiger partial charge in [0, 0.05) is 17.0 Å². The van der Waals surface area contributed by atoms with Crippen molar-refractivity contribution in [3.63, 3.8) is 0 Å². The van der Waals surface area contributed by atoms with Crippen LogP contribution in [-0.2, 0) is 27.3 Å². The third kappa shape index (κ3) is 4.30. The molecule has 8 heteroatoms. The Bertz CT molecular complexity index is 1010. The smallest absolute Gasteiger partial charge is 0.416 e. The van der Waals surface area contributed by atoms with Gasteiger partial charge in [0.15, 0.2) is 0 Å². The molecule has 1 N–H and O–H groups in total. The first-order valence-electron chi connectivity index (χ1n) is 11.3. The third-order valence-electron chi connectivity index (χ3n) is 7.05. The molecule has 3 atom stereocenters. The van der Waals surface area contributed by atoms with E-state index < -0.39 is 18.0 Å². The zero-order valence-corrected chi connectivity index (χ0v) is 20.4. The van der Waals surface area contributed by atoms with Crippen LogP contribution < -0.4 is 4.74 Å². The first kappa shape index (κ1) is 24.6. The van der Waals surface area contributed by atoms with Gasteiger partial charge in [-0.25, -0.2) is 14.5 Å². The van der Waals surface area contributed by atoms with Crippen LogP contribution in [-0.4, -0.2) is 47.7 Å². The summed E-state index contributed by atoms with van der Waals surface area (Å²) in [6.45, 7) is 11.7. The monoisotopic (exact) mass is 459 g/mol. The number of carbonyl (C=O) groups excluding carboxylic acids is 3. The highest BCUT2D eigenvalue weighted by atomic mass is 16.6. The minimum absolute atomic E-state index is 0.102. The minimum Gasteiger partial charge on any atom is -0.507 e. The number of allylic oxidation sites excluding steroid dienone is 2. The molecule has 1 aromatic carbocycles. The Morgan fingerprint density at radius 2 is 1.88 bits per heavy atom. The summed E-state index contributed by atoms with van der Waals surface area (Å²) in [7, 11) is 1.52. The molecule has 0 bridgehead atoms. The highest BCUT2D eigenvalue weighted by Gasteiger charge is 2.42. The normalized spacial score (nSPS) is 19.9. The lowest BCUT2D eigenvalue weighted by Crippen LogP contribution is -2.45. The number of aromatic hydroxyl groups is 1. The molecule has 0 aromatic heterocycles. The molecule has 0 radical (unpaired) electrons. The van der Waals surface area contributed by atoms with Crippen LogP contribution in [0.5, 0.6) is 11.5 Å². The predicted molar refractivity (Wildman–Crippen MR) is 121 cm³/mol. The van der Waals surface area contributed by atoms with E-state index in [9.17, 15) is 19.5 Å². The second kappa shape index (κ2) is 9.45. The van der Waals surface area contributed by atoms with E-state index in [2.05, 4.69) is 0 Å². The summed E-state index contributed by atoms with van der Waals surface area (Å²) in [4.78, 5) is 38.7. The van der Waals surface area contributed by atoms with Crippen LogP contribution in [0, 0.1) is 24.7 Å². The lowest BCUT2D eigenvalue weighted by atomic mass is 9.86. The van der Waals surface area contributed by atoms with Gasteiger partial charge in [-0.15, -0.1) is 0 Å². The summed E-state index contributed by atoms with van der Waals surface area (Å²) < 4.78 is 15.8. The van der Waals surface area contributed by atoms with E-state index in [1.165, 1.54) is 12.0 Å². The fraction of sp³-hybridized carbons (Fsp3) is 0.560. The lowest BCUT2D eigenvalue weighted by molar-refractivity contribution is -0.134. The average molecular weight is 460 g/mol. The predicted octanol–water partition coefficient (Wildman–Crippen LogP) is 4.14. The molecule has 2 heterocycles. The van der Waals surface area contributed by atoms with Gasteiger partial charge in [-0.05, 0) is 37.7 Å². The molecule has 8 nitrogen and oxygen atoms in total. The van der Waals surface area contributed by atoms with E-state index in [1.807, 2.05) is 40.7 Å². The number of nitrogens with zero attached hydrogens (tertiary/aromatic N) is 1. The lowest BCUT2D eigenvalue weighted by Gasteiger charge is -2.28. The number of carbonyl (C=O) groups is 3. The molecule has 0 aliphatic carbocycles. The number of hydrogen-bond donors (Lipinski definition) is 1. The Morgan fingerprint density at radius 1 is 1.21 bits per heavy atom. The van der Waals surface area contributed by atoms with Crippen molar-refractivity contribution in [2.45, 2.75) is 60.6 Å². The van der Waals surface area contributed by atoms with Crippen LogP contribution in [0.15, 0.2) is 11.6 Å². The molecule has 2 aliphatic rings. The van der Waals surface area contributed by atoms with Crippen LogP contribution in [0.3, 0.4) is 0 Å². The number of cyclic esters (lactones) is 2. The third-order valence-corrected chi connectivity index (χ3v) is 7.05. The van der Waals surface area contributed by atoms with Gasteiger partial charge in [-0.2, -0.15) is 0 Å². The Hall–Kier alpha value is -3.03. The van der Waals surface area contributed by atoms with Gasteiger partial charge in [0.1, 0.15) is 30.3 Å². The van der Waals surface area contributed by atoms with Crippen molar-refractivity contribution in [1.29, 1.82) is 0 Å². The number of imide groups is 1.